The van der Waals surface area contributed by atoms with Gasteiger partial charge in [-0.1, -0.05) is 38.1 Å². The molecule has 52 heavy (non-hydrogen) atoms. The van der Waals surface area contributed by atoms with Gasteiger partial charge in [0.25, 0.3) is 0 Å². The molecule has 0 bridgehead atoms. The average molecular weight is 704 g/mol. The van der Waals surface area contributed by atoms with Crippen molar-refractivity contribution in [2.75, 3.05) is 23.8 Å². The lowest BCUT2D eigenvalue weighted by Crippen LogP contribution is -2.31. The van der Waals surface area contributed by atoms with Crippen LogP contribution in [0.2, 0.25) is 0 Å². The highest BCUT2D eigenvalue weighted by molar-refractivity contribution is 6.32. The lowest BCUT2D eigenvalue weighted by Gasteiger charge is -2.25. The molecule has 0 aliphatic heterocycles. The molecule has 272 valence electrons. The van der Waals surface area contributed by atoms with Crippen molar-refractivity contribution in [1.82, 2.24) is 5.32 Å². The molecular weight excluding hydrogens is 654 g/mol. The van der Waals surface area contributed by atoms with Crippen molar-refractivity contribution >= 4 is 46.0 Å². The van der Waals surface area contributed by atoms with Gasteiger partial charge >= 0.3 is 0 Å². The number of hydrogen-bond donors (Lipinski definition) is 3. The van der Waals surface area contributed by atoms with Crippen LogP contribution in [0, 0.1) is 33.6 Å². The maximum atomic E-state index is 14.2. The lowest BCUT2D eigenvalue weighted by atomic mass is 9.82. The van der Waals surface area contributed by atoms with Crippen molar-refractivity contribution < 1.29 is 28.7 Å². The summed E-state index contributed by atoms with van der Waals surface area (Å²) in [5.41, 5.74) is 7.49. The fraction of sp³-hybridized carbons (Fsp3) is 0.349. The van der Waals surface area contributed by atoms with Gasteiger partial charge in [0.05, 0.1) is 42.1 Å². The Morgan fingerprint density at radius 2 is 1.06 bits per heavy atom. The average Bonchev–Trinajstić information content (AvgIpc) is 3.06. The highest BCUT2D eigenvalue weighted by Gasteiger charge is 2.34. The van der Waals surface area contributed by atoms with Gasteiger partial charge in [-0.2, -0.15) is 0 Å². The van der Waals surface area contributed by atoms with Crippen LogP contribution in [0.5, 0.6) is 11.5 Å². The molecule has 3 N–H and O–H groups in total. The minimum Gasteiger partial charge on any atom is -0.493 e. The standard InChI is InChI=1S/C43H49N3O6/c1-24(2)19-30(47)15-17-51-31-20-26(5)40(27(6)21-31)45-35-13-14-36(39-38(35)42(49)33-11-9-10-12-34(33)43(39)50)46-41-28(7)22-32(23-29(41)8)52-18-16-37(48)44-25(3)4/h9-14,20-25,45-46H,15-19H2,1-8H3,(H,44,48). The van der Waals surface area contributed by atoms with Gasteiger partial charge in [-0.15, -0.1) is 0 Å². The fourth-order valence-corrected chi connectivity index (χ4v) is 6.60. The Morgan fingerprint density at radius 1 is 0.635 bits per heavy atom. The molecule has 1 amide bonds. The van der Waals surface area contributed by atoms with Gasteiger partial charge in [0, 0.05) is 41.4 Å². The van der Waals surface area contributed by atoms with Crippen LogP contribution < -0.4 is 25.4 Å². The van der Waals surface area contributed by atoms with E-state index in [2.05, 4.69) is 16.0 Å². The van der Waals surface area contributed by atoms with Gasteiger partial charge in [-0.3, -0.25) is 19.2 Å². The summed E-state index contributed by atoms with van der Waals surface area (Å²) in [6.45, 7) is 16.2. The van der Waals surface area contributed by atoms with Crippen molar-refractivity contribution in [3.05, 3.63) is 105 Å². The Bertz CT molecular complexity index is 1840. The van der Waals surface area contributed by atoms with Gasteiger partial charge in [0.1, 0.15) is 17.3 Å². The molecule has 9 heteroatoms. The van der Waals surface area contributed by atoms with Crippen LogP contribution in [0.15, 0.2) is 60.7 Å². The quantitative estimate of drug-likeness (QED) is 0.0989. The van der Waals surface area contributed by atoms with E-state index in [9.17, 15) is 19.2 Å². The van der Waals surface area contributed by atoms with Gasteiger partial charge in [0.2, 0.25) is 5.91 Å². The smallest absolute Gasteiger partial charge is 0.223 e. The molecule has 4 aromatic carbocycles. The van der Waals surface area contributed by atoms with Gasteiger partial charge < -0.3 is 25.4 Å². The highest BCUT2D eigenvalue weighted by Crippen LogP contribution is 2.41. The number of ketones is 3. The number of hydrogen-bond acceptors (Lipinski definition) is 8. The van der Waals surface area contributed by atoms with E-state index in [4.69, 9.17) is 9.47 Å². The molecule has 9 nitrogen and oxygen atoms in total. The number of ether oxygens (including phenoxy) is 2. The molecule has 1 aliphatic carbocycles. The Kier molecular flexibility index (Phi) is 11.8. The molecule has 0 unspecified atom stereocenters. The number of fused-ring (bicyclic) bond motifs is 2. The van der Waals surface area contributed by atoms with E-state index >= 15 is 0 Å². The van der Waals surface area contributed by atoms with Crippen molar-refractivity contribution in [3.8, 4) is 11.5 Å². The summed E-state index contributed by atoms with van der Waals surface area (Å²) < 4.78 is 11.9. The monoisotopic (exact) mass is 703 g/mol. The summed E-state index contributed by atoms with van der Waals surface area (Å²) in [5.74, 6) is 1.26. The summed E-state index contributed by atoms with van der Waals surface area (Å²) in [6, 6.07) is 18.2. The third-order valence-corrected chi connectivity index (χ3v) is 8.94. The number of benzene rings is 4. The molecule has 0 atom stereocenters. The van der Waals surface area contributed by atoms with Gasteiger partial charge in [-0.25, -0.2) is 0 Å². The largest absolute Gasteiger partial charge is 0.493 e. The molecule has 0 aromatic heterocycles. The Labute approximate surface area is 306 Å². The zero-order valence-corrected chi connectivity index (χ0v) is 31.4. The van der Waals surface area contributed by atoms with E-state index in [1.165, 1.54) is 0 Å². The molecule has 1 aliphatic rings. The summed E-state index contributed by atoms with van der Waals surface area (Å²) in [7, 11) is 0. The summed E-state index contributed by atoms with van der Waals surface area (Å²) in [4.78, 5) is 52.6. The van der Waals surface area contributed by atoms with E-state index in [1.54, 1.807) is 24.3 Å². The normalized spacial score (nSPS) is 12.0. The van der Waals surface area contributed by atoms with Crippen LogP contribution in [0.4, 0.5) is 22.7 Å². The van der Waals surface area contributed by atoms with Crippen LogP contribution in [0.3, 0.4) is 0 Å². The third kappa shape index (κ3) is 8.70. The first kappa shape index (κ1) is 37.8. The van der Waals surface area contributed by atoms with Crippen LogP contribution in [0.1, 0.15) is 101 Å². The molecule has 0 heterocycles. The Balaban J connectivity index is 1.44. The molecule has 0 saturated carbocycles. The van der Waals surface area contributed by atoms with Crippen molar-refractivity contribution in [3.63, 3.8) is 0 Å². The predicted molar refractivity (Wildman–Crippen MR) is 206 cm³/mol. The number of anilines is 4. The second kappa shape index (κ2) is 16.3. The summed E-state index contributed by atoms with van der Waals surface area (Å²) in [6.07, 6.45) is 1.14. The van der Waals surface area contributed by atoms with E-state index in [0.29, 0.717) is 70.5 Å². The number of Topliss-reactive ketones (excluding diaryl/α,β-unsaturated/α-hetero) is 1. The van der Waals surface area contributed by atoms with E-state index in [-0.39, 0.29) is 42.3 Å². The minimum atomic E-state index is -0.240. The zero-order chi connectivity index (χ0) is 37.7. The Morgan fingerprint density at radius 3 is 1.46 bits per heavy atom. The van der Waals surface area contributed by atoms with Crippen LogP contribution in [0.25, 0.3) is 0 Å². The maximum Gasteiger partial charge on any atom is 0.223 e. The SMILES string of the molecule is Cc1cc(OCCC(=O)CC(C)C)cc(C)c1Nc1ccc(Nc2c(C)cc(OCCC(=O)NC(C)C)cc2C)c2c1C(=O)c1ccccc1C2=O. The summed E-state index contributed by atoms with van der Waals surface area (Å²) in [5, 5.41) is 9.81. The van der Waals surface area contributed by atoms with E-state index in [0.717, 1.165) is 33.6 Å². The van der Waals surface area contributed by atoms with Crippen LogP contribution in [-0.4, -0.2) is 42.5 Å². The minimum absolute atomic E-state index is 0.0665. The molecule has 5 rings (SSSR count). The van der Waals surface area contributed by atoms with E-state index < -0.39 is 0 Å². The molecule has 0 saturated heterocycles. The molecule has 0 fully saturated rings. The first-order valence-electron chi connectivity index (χ1n) is 17.9. The second-order valence-corrected chi connectivity index (χ2v) is 14.3. The number of carbonyl (C=O) groups excluding carboxylic acids is 4. The molecule has 4 aromatic rings. The van der Waals surface area contributed by atoms with Gasteiger partial charge in [0.15, 0.2) is 11.6 Å². The first-order chi connectivity index (χ1) is 24.7. The van der Waals surface area contributed by atoms with Crippen molar-refractivity contribution in [1.29, 1.82) is 0 Å². The number of aryl methyl sites for hydroxylation is 4. The topological polar surface area (TPSA) is 123 Å². The number of rotatable bonds is 15. The predicted octanol–water partition coefficient (Wildman–Crippen LogP) is 8.86. The van der Waals surface area contributed by atoms with E-state index in [1.807, 2.05) is 91.8 Å². The fourth-order valence-electron chi connectivity index (χ4n) is 6.60. The van der Waals surface area contributed by atoms with Crippen LogP contribution in [-0.2, 0) is 9.59 Å². The lowest BCUT2D eigenvalue weighted by molar-refractivity contribution is -0.122. The Hall–Kier alpha value is -5.44. The third-order valence-electron chi connectivity index (χ3n) is 8.94. The maximum absolute atomic E-state index is 14.2. The number of carbonyl (C=O) groups is 4. The highest BCUT2D eigenvalue weighted by atomic mass is 16.5. The number of amides is 1. The van der Waals surface area contributed by atoms with Crippen molar-refractivity contribution in [2.24, 2.45) is 5.92 Å². The van der Waals surface area contributed by atoms with Crippen molar-refractivity contribution in [2.45, 2.75) is 80.7 Å². The molecular formula is C43H49N3O6. The second-order valence-electron chi connectivity index (χ2n) is 14.3. The zero-order valence-electron chi connectivity index (χ0n) is 31.4. The van der Waals surface area contributed by atoms with Crippen LogP contribution >= 0.6 is 0 Å². The first-order valence-corrected chi connectivity index (χ1v) is 17.9. The number of nitrogens with one attached hydrogen (secondary N) is 3. The van der Waals surface area contributed by atoms with Gasteiger partial charge in [-0.05, 0) is 106 Å². The molecule has 0 radical (unpaired) electrons. The summed E-state index contributed by atoms with van der Waals surface area (Å²) >= 11 is 0. The molecule has 0 spiro atoms.